The van der Waals surface area contributed by atoms with Crippen molar-refractivity contribution in [3.8, 4) is 17.2 Å². The van der Waals surface area contributed by atoms with E-state index in [9.17, 15) is 0 Å². The Balaban J connectivity index is 2.03. The van der Waals surface area contributed by atoms with Crippen molar-refractivity contribution in [2.75, 3.05) is 20.8 Å². The van der Waals surface area contributed by atoms with Crippen LogP contribution in [0.15, 0.2) is 42.5 Å². The lowest BCUT2D eigenvalue weighted by molar-refractivity contribution is 0.286. The summed E-state index contributed by atoms with van der Waals surface area (Å²) in [6.07, 6.45) is 0. The van der Waals surface area contributed by atoms with Gasteiger partial charge in [0.15, 0.2) is 0 Å². The molecule has 1 atom stereocenters. The molecule has 2 N–H and O–H groups in total. The van der Waals surface area contributed by atoms with E-state index < -0.39 is 0 Å². The average molecular weight is 287 g/mol. The predicted octanol–water partition coefficient (Wildman–Crippen LogP) is 3.09. The smallest absolute Gasteiger partial charge is 0.126 e. The van der Waals surface area contributed by atoms with E-state index in [1.54, 1.807) is 20.3 Å². The van der Waals surface area contributed by atoms with E-state index >= 15 is 0 Å². The summed E-state index contributed by atoms with van der Waals surface area (Å²) in [7, 11) is 3.22. The summed E-state index contributed by atoms with van der Waals surface area (Å²) in [6.45, 7) is 2.44. The van der Waals surface area contributed by atoms with Gasteiger partial charge in [0.05, 0.1) is 20.3 Å². The van der Waals surface area contributed by atoms with Crippen LogP contribution in [0.5, 0.6) is 17.2 Å². The van der Waals surface area contributed by atoms with Gasteiger partial charge in [0.25, 0.3) is 0 Å². The van der Waals surface area contributed by atoms with Crippen molar-refractivity contribution in [2.24, 2.45) is 5.73 Å². The summed E-state index contributed by atoms with van der Waals surface area (Å²) in [6, 6.07) is 13.4. The first-order chi connectivity index (χ1) is 10.1. The number of rotatable bonds is 6. The molecule has 0 amide bonds. The zero-order valence-electron chi connectivity index (χ0n) is 12.6. The van der Waals surface area contributed by atoms with E-state index in [0.29, 0.717) is 23.9 Å². The Labute approximate surface area is 125 Å². The highest BCUT2D eigenvalue weighted by atomic mass is 16.5. The molecule has 2 rings (SSSR count). The highest BCUT2D eigenvalue weighted by Gasteiger charge is 2.08. The summed E-state index contributed by atoms with van der Waals surface area (Å²) in [5.74, 6) is 2.05. The van der Waals surface area contributed by atoms with E-state index in [0.717, 1.165) is 5.56 Å². The summed E-state index contributed by atoms with van der Waals surface area (Å²) in [4.78, 5) is 0. The molecule has 0 aliphatic rings. The van der Waals surface area contributed by atoms with Gasteiger partial charge in [0.2, 0.25) is 0 Å². The summed E-state index contributed by atoms with van der Waals surface area (Å²) < 4.78 is 16.2. The summed E-state index contributed by atoms with van der Waals surface area (Å²) in [5, 5.41) is 0. The average Bonchev–Trinajstić information content (AvgIpc) is 2.52. The molecule has 0 bridgehead atoms. The molecule has 1 unspecified atom stereocenters. The fraction of sp³-hybridized carbons (Fsp3) is 0.294. The third-order valence-electron chi connectivity index (χ3n) is 3.26. The van der Waals surface area contributed by atoms with Crippen molar-refractivity contribution in [1.29, 1.82) is 0 Å². The van der Waals surface area contributed by atoms with Crippen LogP contribution >= 0.6 is 0 Å². The van der Waals surface area contributed by atoms with Crippen LogP contribution in [-0.4, -0.2) is 20.8 Å². The number of methoxy groups -OCH3 is 2. The Bertz CT molecular complexity index is 559. The molecule has 0 aliphatic carbocycles. The Kier molecular flexibility index (Phi) is 5.06. The molecule has 112 valence electrons. The fourth-order valence-electron chi connectivity index (χ4n) is 1.96. The molecule has 0 heterocycles. The van der Waals surface area contributed by atoms with Crippen LogP contribution in [0.25, 0.3) is 0 Å². The second-order valence-corrected chi connectivity index (χ2v) is 4.88. The van der Waals surface area contributed by atoms with E-state index in [1.807, 2.05) is 43.3 Å². The van der Waals surface area contributed by atoms with Crippen molar-refractivity contribution in [1.82, 2.24) is 0 Å². The van der Waals surface area contributed by atoms with Gasteiger partial charge in [0, 0.05) is 18.2 Å². The molecular formula is C17H21NO3. The van der Waals surface area contributed by atoms with Gasteiger partial charge >= 0.3 is 0 Å². The lowest BCUT2D eigenvalue weighted by Gasteiger charge is -2.15. The van der Waals surface area contributed by atoms with Gasteiger partial charge in [0.1, 0.15) is 23.9 Å². The predicted molar refractivity (Wildman–Crippen MR) is 83.1 cm³/mol. The molecule has 0 aromatic heterocycles. The Morgan fingerprint density at radius 2 is 1.43 bits per heavy atom. The lowest BCUT2D eigenvalue weighted by atomic mass is 10.1. The SMILES string of the molecule is COc1cc(OC)cc(OCC(N)c2ccc(C)cc2)c1. The maximum absolute atomic E-state index is 6.15. The molecule has 0 fully saturated rings. The van der Waals surface area contributed by atoms with E-state index in [-0.39, 0.29) is 6.04 Å². The highest BCUT2D eigenvalue weighted by molar-refractivity contribution is 5.42. The molecule has 2 aromatic rings. The molecule has 0 saturated carbocycles. The molecule has 4 nitrogen and oxygen atoms in total. The van der Waals surface area contributed by atoms with Crippen molar-refractivity contribution < 1.29 is 14.2 Å². The Morgan fingerprint density at radius 3 is 1.95 bits per heavy atom. The second kappa shape index (κ2) is 6.99. The van der Waals surface area contributed by atoms with Crippen LogP contribution in [-0.2, 0) is 0 Å². The zero-order valence-corrected chi connectivity index (χ0v) is 12.6. The van der Waals surface area contributed by atoms with Crippen molar-refractivity contribution >= 4 is 0 Å². The normalized spacial score (nSPS) is 11.8. The van der Waals surface area contributed by atoms with Crippen LogP contribution in [0, 0.1) is 6.92 Å². The number of aryl methyl sites for hydroxylation is 1. The van der Waals surface area contributed by atoms with Crippen molar-refractivity contribution in [3.05, 3.63) is 53.6 Å². The largest absolute Gasteiger partial charge is 0.496 e. The first-order valence-electron chi connectivity index (χ1n) is 6.80. The van der Waals surface area contributed by atoms with Gasteiger partial charge in [-0.2, -0.15) is 0 Å². The standard InChI is InChI=1S/C17H21NO3/c1-12-4-6-13(7-5-12)17(18)11-21-16-9-14(19-2)8-15(10-16)20-3/h4-10,17H,11,18H2,1-3H3. The molecule has 0 saturated heterocycles. The quantitative estimate of drug-likeness (QED) is 0.887. The van der Waals surface area contributed by atoms with Gasteiger partial charge in [-0.15, -0.1) is 0 Å². The molecular weight excluding hydrogens is 266 g/mol. The second-order valence-electron chi connectivity index (χ2n) is 4.88. The first kappa shape index (κ1) is 15.2. The van der Waals surface area contributed by atoms with Crippen molar-refractivity contribution in [2.45, 2.75) is 13.0 Å². The van der Waals surface area contributed by atoms with E-state index in [2.05, 4.69) is 0 Å². The van der Waals surface area contributed by atoms with Gasteiger partial charge < -0.3 is 19.9 Å². The lowest BCUT2D eigenvalue weighted by Crippen LogP contribution is -2.19. The van der Waals surface area contributed by atoms with Crippen LogP contribution in [0.2, 0.25) is 0 Å². The number of benzene rings is 2. The third kappa shape index (κ3) is 4.13. The molecule has 2 aromatic carbocycles. The Hall–Kier alpha value is -2.20. The van der Waals surface area contributed by atoms with Crippen LogP contribution < -0.4 is 19.9 Å². The number of hydrogen-bond donors (Lipinski definition) is 1. The minimum atomic E-state index is -0.178. The van der Waals surface area contributed by atoms with Crippen LogP contribution in [0.4, 0.5) is 0 Å². The maximum atomic E-state index is 6.15. The van der Waals surface area contributed by atoms with Crippen LogP contribution in [0.1, 0.15) is 17.2 Å². The summed E-state index contributed by atoms with van der Waals surface area (Å²) in [5.41, 5.74) is 8.41. The van der Waals surface area contributed by atoms with Gasteiger partial charge in [-0.25, -0.2) is 0 Å². The highest BCUT2D eigenvalue weighted by Crippen LogP contribution is 2.28. The minimum absolute atomic E-state index is 0.178. The number of nitrogens with two attached hydrogens (primary N) is 1. The molecule has 0 radical (unpaired) electrons. The maximum Gasteiger partial charge on any atom is 0.126 e. The Morgan fingerprint density at radius 1 is 0.905 bits per heavy atom. The van der Waals surface area contributed by atoms with E-state index in [1.165, 1.54) is 5.56 Å². The first-order valence-corrected chi connectivity index (χ1v) is 6.80. The number of hydrogen-bond acceptors (Lipinski definition) is 4. The zero-order chi connectivity index (χ0) is 15.2. The third-order valence-corrected chi connectivity index (χ3v) is 3.26. The van der Waals surface area contributed by atoms with Gasteiger partial charge in [-0.05, 0) is 12.5 Å². The number of ether oxygens (including phenoxy) is 3. The monoisotopic (exact) mass is 287 g/mol. The molecule has 4 heteroatoms. The molecule has 0 aliphatic heterocycles. The van der Waals surface area contributed by atoms with E-state index in [4.69, 9.17) is 19.9 Å². The topological polar surface area (TPSA) is 53.7 Å². The minimum Gasteiger partial charge on any atom is -0.496 e. The van der Waals surface area contributed by atoms with Crippen LogP contribution in [0.3, 0.4) is 0 Å². The molecule has 0 spiro atoms. The molecule has 21 heavy (non-hydrogen) atoms. The summed E-state index contributed by atoms with van der Waals surface area (Å²) >= 11 is 0. The van der Waals surface area contributed by atoms with Gasteiger partial charge in [-0.3, -0.25) is 0 Å². The van der Waals surface area contributed by atoms with Gasteiger partial charge in [-0.1, -0.05) is 29.8 Å². The van der Waals surface area contributed by atoms with Crippen molar-refractivity contribution in [3.63, 3.8) is 0 Å². The fourth-order valence-corrected chi connectivity index (χ4v) is 1.96.